The maximum absolute atomic E-state index is 13.6. The number of hydrogen-bond donors (Lipinski definition) is 1. The van der Waals surface area contributed by atoms with Crippen LogP contribution in [0, 0.1) is 6.92 Å². The van der Waals surface area contributed by atoms with Crippen molar-refractivity contribution in [2.75, 3.05) is 67.6 Å². The van der Waals surface area contributed by atoms with Crippen LogP contribution in [0.5, 0.6) is 0 Å². The SMILES string of the molecule is Cc1ccccc1C(=O)Nc1ccc(C(=O)N2CCCN(CCCN3CCOCC3)c3ccccc32)cc1. The molecule has 1 N–H and O–H groups in total. The van der Waals surface area contributed by atoms with Crippen LogP contribution in [0.3, 0.4) is 0 Å². The molecule has 1 saturated heterocycles. The van der Waals surface area contributed by atoms with E-state index in [2.05, 4.69) is 21.2 Å². The Morgan fingerprint density at radius 3 is 2.29 bits per heavy atom. The number of benzene rings is 3. The Labute approximate surface area is 225 Å². The van der Waals surface area contributed by atoms with Gasteiger partial charge in [0.25, 0.3) is 11.8 Å². The highest BCUT2D eigenvalue weighted by molar-refractivity contribution is 6.09. The van der Waals surface area contributed by atoms with Gasteiger partial charge in [-0.15, -0.1) is 0 Å². The molecule has 5 rings (SSSR count). The van der Waals surface area contributed by atoms with Crippen molar-refractivity contribution in [1.82, 2.24) is 4.90 Å². The Morgan fingerprint density at radius 2 is 1.53 bits per heavy atom. The Morgan fingerprint density at radius 1 is 0.816 bits per heavy atom. The lowest BCUT2D eigenvalue weighted by molar-refractivity contribution is 0.0376. The lowest BCUT2D eigenvalue weighted by atomic mass is 10.1. The first-order valence-electron chi connectivity index (χ1n) is 13.5. The maximum atomic E-state index is 13.6. The summed E-state index contributed by atoms with van der Waals surface area (Å²) >= 11 is 0. The number of nitrogens with zero attached hydrogens (tertiary/aromatic N) is 3. The first kappa shape index (κ1) is 25.9. The summed E-state index contributed by atoms with van der Waals surface area (Å²) in [5.74, 6) is -0.179. The van der Waals surface area contributed by atoms with E-state index >= 15 is 0 Å². The van der Waals surface area contributed by atoms with Crippen molar-refractivity contribution in [3.05, 3.63) is 89.5 Å². The van der Waals surface area contributed by atoms with Gasteiger partial charge < -0.3 is 19.9 Å². The zero-order valence-corrected chi connectivity index (χ0v) is 22.1. The molecule has 0 radical (unpaired) electrons. The third-order valence-electron chi connectivity index (χ3n) is 7.35. The van der Waals surface area contributed by atoms with E-state index < -0.39 is 0 Å². The highest BCUT2D eigenvalue weighted by Gasteiger charge is 2.25. The molecule has 1 fully saturated rings. The van der Waals surface area contributed by atoms with Gasteiger partial charge in [-0.1, -0.05) is 30.3 Å². The van der Waals surface area contributed by atoms with Crippen LogP contribution >= 0.6 is 0 Å². The summed E-state index contributed by atoms with van der Waals surface area (Å²) in [5.41, 5.74) is 4.91. The molecule has 0 spiro atoms. The molecule has 2 aliphatic rings. The first-order chi connectivity index (χ1) is 18.6. The van der Waals surface area contributed by atoms with Gasteiger partial charge in [0.1, 0.15) is 0 Å². The Hall–Kier alpha value is -3.68. The number of hydrogen-bond acceptors (Lipinski definition) is 5. The monoisotopic (exact) mass is 512 g/mol. The van der Waals surface area contributed by atoms with Crippen molar-refractivity contribution in [1.29, 1.82) is 0 Å². The van der Waals surface area contributed by atoms with Crippen molar-refractivity contribution < 1.29 is 14.3 Å². The number of carbonyl (C=O) groups is 2. The van der Waals surface area contributed by atoms with E-state index in [0.717, 1.165) is 75.7 Å². The molecule has 0 aromatic heterocycles. The second kappa shape index (κ2) is 12.2. The molecular weight excluding hydrogens is 476 g/mol. The quantitative estimate of drug-likeness (QED) is 0.492. The topological polar surface area (TPSA) is 65.1 Å². The summed E-state index contributed by atoms with van der Waals surface area (Å²) in [4.78, 5) is 33.1. The number of para-hydroxylation sites is 2. The van der Waals surface area contributed by atoms with Crippen molar-refractivity contribution in [2.24, 2.45) is 0 Å². The highest BCUT2D eigenvalue weighted by atomic mass is 16.5. The summed E-state index contributed by atoms with van der Waals surface area (Å²) < 4.78 is 5.47. The third kappa shape index (κ3) is 6.06. The molecule has 2 heterocycles. The predicted octanol–water partition coefficient (Wildman–Crippen LogP) is 4.83. The van der Waals surface area contributed by atoms with Crippen LogP contribution in [0.2, 0.25) is 0 Å². The summed E-state index contributed by atoms with van der Waals surface area (Å²) in [7, 11) is 0. The van der Waals surface area contributed by atoms with Crippen LogP contribution in [0.4, 0.5) is 17.1 Å². The number of ether oxygens (including phenoxy) is 1. The molecule has 38 heavy (non-hydrogen) atoms. The molecule has 0 bridgehead atoms. The molecule has 7 heteroatoms. The summed E-state index contributed by atoms with van der Waals surface area (Å²) in [6.07, 6.45) is 1.99. The van der Waals surface area contributed by atoms with Crippen LogP contribution in [-0.2, 0) is 4.74 Å². The number of morpholine rings is 1. The fourth-order valence-electron chi connectivity index (χ4n) is 5.25. The van der Waals surface area contributed by atoms with Gasteiger partial charge in [-0.3, -0.25) is 14.5 Å². The van der Waals surface area contributed by atoms with E-state index in [1.807, 2.05) is 54.3 Å². The molecule has 7 nitrogen and oxygen atoms in total. The molecular formula is C31H36N4O3. The molecule has 198 valence electrons. The number of rotatable bonds is 7. The number of fused-ring (bicyclic) bond motifs is 1. The van der Waals surface area contributed by atoms with Crippen LogP contribution in [0.1, 0.15) is 39.1 Å². The summed E-state index contributed by atoms with van der Waals surface area (Å²) in [6, 6.07) is 22.9. The molecule has 0 saturated carbocycles. The average molecular weight is 513 g/mol. The Balaban J connectivity index is 1.26. The maximum Gasteiger partial charge on any atom is 0.258 e. The summed E-state index contributed by atoms with van der Waals surface area (Å²) in [5, 5.41) is 2.94. The standard InChI is InChI=1S/C31H36N4O3/c1-24-8-2-3-9-27(24)30(36)32-26-14-12-25(13-15-26)31(37)35-19-7-18-34(28-10-4-5-11-29(28)35)17-6-16-33-20-22-38-23-21-33/h2-5,8-15H,6-7,16-23H2,1H3,(H,32,36). The van der Waals surface area contributed by atoms with Crippen LogP contribution < -0.4 is 15.1 Å². The average Bonchev–Trinajstić information content (AvgIpc) is 3.13. The zero-order chi connectivity index (χ0) is 26.3. The Bertz CT molecular complexity index is 1250. The van der Waals surface area contributed by atoms with Crippen LogP contribution in [0.15, 0.2) is 72.8 Å². The van der Waals surface area contributed by atoms with E-state index in [-0.39, 0.29) is 11.8 Å². The largest absolute Gasteiger partial charge is 0.379 e. The highest BCUT2D eigenvalue weighted by Crippen LogP contribution is 2.33. The zero-order valence-electron chi connectivity index (χ0n) is 22.1. The molecule has 3 aromatic carbocycles. The van der Waals surface area contributed by atoms with Crippen molar-refractivity contribution in [2.45, 2.75) is 19.8 Å². The van der Waals surface area contributed by atoms with Gasteiger partial charge in [0.15, 0.2) is 0 Å². The van der Waals surface area contributed by atoms with Gasteiger partial charge in [0.05, 0.1) is 24.6 Å². The second-order valence-electron chi connectivity index (χ2n) is 9.94. The van der Waals surface area contributed by atoms with Gasteiger partial charge in [-0.2, -0.15) is 0 Å². The minimum absolute atomic E-state index is 0.0237. The van der Waals surface area contributed by atoms with Gasteiger partial charge >= 0.3 is 0 Å². The smallest absolute Gasteiger partial charge is 0.258 e. The third-order valence-corrected chi connectivity index (χ3v) is 7.35. The minimum atomic E-state index is -0.155. The normalized spacial score (nSPS) is 16.0. The molecule has 2 amide bonds. The van der Waals surface area contributed by atoms with E-state index in [1.54, 1.807) is 24.3 Å². The lowest BCUT2D eigenvalue weighted by Gasteiger charge is -2.29. The fourth-order valence-corrected chi connectivity index (χ4v) is 5.25. The molecule has 0 atom stereocenters. The number of aryl methyl sites for hydroxylation is 1. The van der Waals surface area contributed by atoms with E-state index in [0.29, 0.717) is 23.4 Å². The van der Waals surface area contributed by atoms with Gasteiger partial charge in [0.2, 0.25) is 0 Å². The fraction of sp³-hybridized carbons (Fsp3) is 0.355. The summed E-state index contributed by atoms with van der Waals surface area (Å²) in [6.45, 7) is 9.20. The molecule has 0 aliphatic carbocycles. The van der Waals surface area contributed by atoms with E-state index in [4.69, 9.17) is 4.74 Å². The van der Waals surface area contributed by atoms with Gasteiger partial charge in [-0.25, -0.2) is 0 Å². The predicted molar refractivity (Wildman–Crippen MR) is 152 cm³/mol. The number of anilines is 3. The first-order valence-corrected chi connectivity index (χ1v) is 13.5. The lowest BCUT2D eigenvalue weighted by Crippen LogP contribution is -2.38. The number of carbonyl (C=O) groups excluding carboxylic acids is 2. The Kier molecular flexibility index (Phi) is 8.36. The number of amides is 2. The van der Waals surface area contributed by atoms with Crippen molar-refractivity contribution in [3.63, 3.8) is 0 Å². The van der Waals surface area contributed by atoms with E-state index in [1.165, 1.54) is 0 Å². The second-order valence-corrected chi connectivity index (χ2v) is 9.94. The van der Waals surface area contributed by atoms with Crippen LogP contribution in [0.25, 0.3) is 0 Å². The number of nitrogens with one attached hydrogen (secondary N) is 1. The van der Waals surface area contributed by atoms with Crippen LogP contribution in [-0.4, -0.2) is 69.2 Å². The van der Waals surface area contributed by atoms with E-state index in [9.17, 15) is 9.59 Å². The molecule has 0 unspecified atom stereocenters. The molecule has 3 aromatic rings. The van der Waals surface area contributed by atoms with Gasteiger partial charge in [-0.05, 0) is 67.8 Å². The van der Waals surface area contributed by atoms with Gasteiger partial charge in [0, 0.05) is 56.1 Å². The minimum Gasteiger partial charge on any atom is -0.379 e. The van der Waals surface area contributed by atoms with Crippen molar-refractivity contribution in [3.8, 4) is 0 Å². The van der Waals surface area contributed by atoms with Crippen molar-refractivity contribution >= 4 is 28.9 Å². The molecule has 2 aliphatic heterocycles.